The van der Waals surface area contributed by atoms with Crippen molar-refractivity contribution in [2.75, 3.05) is 6.61 Å². The van der Waals surface area contributed by atoms with Gasteiger partial charge in [-0.2, -0.15) is 0 Å². The molecule has 0 aliphatic heterocycles. The molecule has 102 valence electrons. The first-order valence-electron chi connectivity index (χ1n) is 6.58. The van der Waals surface area contributed by atoms with Gasteiger partial charge in [0.25, 0.3) is 0 Å². The van der Waals surface area contributed by atoms with Crippen molar-refractivity contribution in [3.8, 4) is 5.75 Å². The molecular formula is C15H24ClNO. The lowest BCUT2D eigenvalue weighted by molar-refractivity contribution is 0.303. The number of benzene rings is 1. The lowest BCUT2D eigenvalue weighted by Crippen LogP contribution is -2.35. The molecule has 0 radical (unpaired) electrons. The maximum atomic E-state index is 6.04. The Morgan fingerprint density at radius 1 is 1.28 bits per heavy atom. The molecule has 3 heteroatoms. The van der Waals surface area contributed by atoms with Crippen molar-refractivity contribution in [2.24, 2.45) is 0 Å². The van der Waals surface area contributed by atoms with E-state index in [4.69, 9.17) is 16.3 Å². The lowest BCUT2D eigenvalue weighted by Gasteiger charge is -2.21. The van der Waals surface area contributed by atoms with Crippen LogP contribution in [0.15, 0.2) is 18.2 Å². The first-order valence-corrected chi connectivity index (χ1v) is 6.96. The molecule has 0 fully saturated rings. The normalized spacial score (nSPS) is 11.6. The first kappa shape index (κ1) is 15.3. The second-order valence-electron chi connectivity index (χ2n) is 5.56. The molecule has 0 aliphatic rings. The molecule has 18 heavy (non-hydrogen) atoms. The summed E-state index contributed by atoms with van der Waals surface area (Å²) in [6.07, 6.45) is 2.22. The van der Waals surface area contributed by atoms with Gasteiger partial charge in [0.2, 0.25) is 0 Å². The molecule has 0 amide bonds. The monoisotopic (exact) mass is 269 g/mol. The summed E-state index contributed by atoms with van der Waals surface area (Å²) in [5.41, 5.74) is 1.21. The summed E-state index contributed by atoms with van der Waals surface area (Å²) >= 11 is 6.04. The summed E-state index contributed by atoms with van der Waals surface area (Å²) in [4.78, 5) is 0. The number of hydrogen-bond donors (Lipinski definition) is 1. The molecule has 1 aromatic carbocycles. The van der Waals surface area contributed by atoms with E-state index in [0.29, 0.717) is 0 Å². The average molecular weight is 270 g/mol. The standard InChI is InChI=1S/C15H24ClNO/c1-5-6-9-18-14-8-7-13(16)10-12(14)11-17-15(2,3)4/h7-8,10,17H,5-6,9,11H2,1-4H3. The minimum absolute atomic E-state index is 0.0863. The van der Waals surface area contributed by atoms with E-state index >= 15 is 0 Å². The van der Waals surface area contributed by atoms with Crippen LogP contribution in [0.25, 0.3) is 0 Å². The maximum absolute atomic E-state index is 6.04. The van der Waals surface area contributed by atoms with Gasteiger partial charge in [-0.1, -0.05) is 24.9 Å². The van der Waals surface area contributed by atoms with Gasteiger partial charge in [-0.3, -0.25) is 0 Å². The van der Waals surface area contributed by atoms with Gasteiger partial charge in [-0.15, -0.1) is 0 Å². The molecule has 0 spiro atoms. The fourth-order valence-corrected chi connectivity index (χ4v) is 1.71. The highest BCUT2D eigenvalue weighted by atomic mass is 35.5. The Morgan fingerprint density at radius 3 is 2.61 bits per heavy atom. The van der Waals surface area contributed by atoms with Crippen LogP contribution in [0.2, 0.25) is 5.02 Å². The third-order valence-corrected chi connectivity index (χ3v) is 2.82. The van der Waals surface area contributed by atoms with E-state index in [9.17, 15) is 0 Å². The zero-order chi connectivity index (χ0) is 13.6. The van der Waals surface area contributed by atoms with Gasteiger partial charge >= 0.3 is 0 Å². The number of nitrogens with one attached hydrogen (secondary N) is 1. The number of rotatable bonds is 6. The van der Waals surface area contributed by atoms with Crippen molar-refractivity contribution in [2.45, 2.75) is 52.6 Å². The van der Waals surface area contributed by atoms with Crippen molar-refractivity contribution < 1.29 is 4.74 Å². The Hall–Kier alpha value is -0.730. The molecule has 0 saturated heterocycles. The van der Waals surface area contributed by atoms with Crippen molar-refractivity contribution >= 4 is 11.6 Å². The highest BCUT2D eigenvalue weighted by molar-refractivity contribution is 6.30. The molecule has 1 N–H and O–H groups in total. The molecule has 0 heterocycles. The molecule has 1 rings (SSSR count). The van der Waals surface area contributed by atoms with Gasteiger partial charge in [0.15, 0.2) is 0 Å². The number of hydrogen-bond acceptors (Lipinski definition) is 2. The van der Waals surface area contributed by atoms with Crippen LogP contribution in [0.3, 0.4) is 0 Å². The lowest BCUT2D eigenvalue weighted by atomic mass is 10.1. The second kappa shape index (κ2) is 7.01. The molecule has 0 aromatic heterocycles. The minimum atomic E-state index is 0.0863. The van der Waals surface area contributed by atoms with Gasteiger partial charge in [0, 0.05) is 22.7 Å². The Kier molecular flexibility index (Phi) is 5.97. The van der Waals surface area contributed by atoms with Crippen LogP contribution in [0, 0.1) is 0 Å². The molecule has 0 unspecified atom stereocenters. The fraction of sp³-hybridized carbons (Fsp3) is 0.600. The van der Waals surface area contributed by atoms with E-state index in [0.717, 1.165) is 42.3 Å². The van der Waals surface area contributed by atoms with E-state index in [1.165, 1.54) is 0 Å². The summed E-state index contributed by atoms with van der Waals surface area (Å²) < 4.78 is 5.80. The third-order valence-electron chi connectivity index (χ3n) is 2.59. The molecule has 1 aromatic rings. The first-order chi connectivity index (χ1) is 8.42. The van der Waals surface area contributed by atoms with Gasteiger partial charge in [-0.05, 0) is 45.4 Å². The van der Waals surface area contributed by atoms with Crippen molar-refractivity contribution in [1.82, 2.24) is 5.32 Å². The summed E-state index contributed by atoms with van der Waals surface area (Å²) in [6.45, 7) is 10.1. The maximum Gasteiger partial charge on any atom is 0.123 e. The highest BCUT2D eigenvalue weighted by Crippen LogP contribution is 2.23. The summed E-state index contributed by atoms with van der Waals surface area (Å²) in [7, 11) is 0. The fourth-order valence-electron chi connectivity index (χ4n) is 1.51. The number of halogens is 1. The highest BCUT2D eigenvalue weighted by Gasteiger charge is 2.11. The van der Waals surface area contributed by atoms with Crippen molar-refractivity contribution in [1.29, 1.82) is 0 Å². The van der Waals surface area contributed by atoms with E-state index in [1.807, 2.05) is 18.2 Å². The van der Waals surface area contributed by atoms with Gasteiger partial charge in [0.1, 0.15) is 5.75 Å². The topological polar surface area (TPSA) is 21.3 Å². The Labute approximate surface area is 116 Å². The summed E-state index contributed by atoms with van der Waals surface area (Å²) in [6, 6.07) is 5.81. The Balaban J connectivity index is 2.70. The van der Waals surface area contributed by atoms with Gasteiger partial charge < -0.3 is 10.1 Å². The molecule has 0 atom stereocenters. The van der Waals surface area contributed by atoms with Crippen LogP contribution in [0.4, 0.5) is 0 Å². The second-order valence-corrected chi connectivity index (χ2v) is 5.99. The van der Waals surface area contributed by atoms with Crippen LogP contribution >= 0.6 is 11.6 Å². The Bertz CT molecular complexity index is 371. The van der Waals surface area contributed by atoms with E-state index < -0.39 is 0 Å². The molecule has 2 nitrogen and oxygen atoms in total. The summed E-state index contributed by atoms with van der Waals surface area (Å²) in [5.74, 6) is 0.935. The van der Waals surface area contributed by atoms with E-state index in [1.54, 1.807) is 0 Å². The summed E-state index contributed by atoms with van der Waals surface area (Å²) in [5, 5.41) is 4.21. The van der Waals surface area contributed by atoms with E-state index in [-0.39, 0.29) is 5.54 Å². The largest absolute Gasteiger partial charge is 0.493 e. The molecule has 0 bridgehead atoms. The predicted octanol–water partition coefficient (Wildman–Crippen LogP) is 4.41. The smallest absolute Gasteiger partial charge is 0.123 e. The quantitative estimate of drug-likeness (QED) is 0.773. The molecule has 0 saturated carbocycles. The van der Waals surface area contributed by atoms with E-state index in [2.05, 4.69) is 33.0 Å². The average Bonchev–Trinajstić information content (AvgIpc) is 2.28. The van der Waals surface area contributed by atoms with Crippen LogP contribution in [-0.2, 0) is 6.54 Å². The zero-order valence-electron chi connectivity index (χ0n) is 11.8. The third kappa shape index (κ3) is 5.74. The van der Waals surface area contributed by atoms with Crippen LogP contribution in [0.1, 0.15) is 46.1 Å². The minimum Gasteiger partial charge on any atom is -0.493 e. The Morgan fingerprint density at radius 2 is 2.00 bits per heavy atom. The van der Waals surface area contributed by atoms with Crippen LogP contribution < -0.4 is 10.1 Å². The number of ether oxygens (including phenoxy) is 1. The number of unbranched alkanes of at least 4 members (excludes halogenated alkanes) is 1. The molecule has 0 aliphatic carbocycles. The SMILES string of the molecule is CCCCOc1ccc(Cl)cc1CNC(C)(C)C. The van der Waals surface area contributed by atoms with Crippen LogP contribution in [0.5, 0.6) is 5.75 Å². The zero-order valence-corrected chi connectivity index (χ0v) is 12.6. The predicted molar refractivity (Wildman–Crippen MR) is 78.4 cm³/mol. The molecular weight excluding hydrogens is 246 g/mol. The van der Waals surface area contributed by atoms with Gasteiger partial charge in [-0.25, -0.2) is 0 Å². The van der Waals surface area contributed by atoms with Crippen molar-refractivity contribution in [3.63, 3.8) is 0 Å². The van der Waals surface area contributed by atoms with Crippen LogP contribution in [-0.4, -0.2) is 12.1 Å². The van der Waals surface area contributed by atoms with Gasteiger partial charge in [0.05, 0.1) is 6.61 Å². The van der Waals surface area contributed by atoms with Crippen molar-refractivity contribution in [3.05, 3.63) is 28.8 Å².